The summed E-state index contributed by atoms with van der Waals surface area (Å²) in [4.78, 5) is 8.94. The van der Waals surface area contributed by atoms with Gasteiger partial charge < -0.3 is 5.32 Å². The molecular weight excluding hydrogens is 459 g/mol. The summed E-state index contributed by atoms with van der Waals surface area (Å²) in [6.07, 6.45) is 9.56. The molecule has 0 atom stereocenters. The SMILES string of the molecule is Cn1cc(Nc2nccc(-c3ccn4c(-c5cnn(C)c5Cc5ccc(F)cc5)nnc4c3)n2)cn1. The quantitative estimate of drug-likeness (QED) is 0.387. The molecule has 0 saturated carbocycles. The van der Waals surface area contributed by atoms with Crippen molar-refractivity contribution >= 4 is 17.3 Å². The van der Waals surface area contributed by atoms with E-state index >= 15 is 0 Å². The molecule has 0 aliphatic carbocycles. The molecule has 1 N–H and O–H groups in total. The number of aryl methyl sites for hydroxylation is 2. The Kier molecular flexibility index (Phi) is 5.21. The summed E-state index contributed by atoms with van der Waals surface area (Å²) >= 11 is 0. The minimum absolute atomic E-state index is 0.258. The molecule has 178 valence electrons. The van der Waals surface area contributed by atoms with Crippen molar-refractivity contribution in [2.24, 2.45) is 14.1 Å². The smallest absolute Gasteiger partial charge is 0.227 e. The van der Waals surface area contributed by atoms with Crippen molar-refractivity contribution in [3.63, 3.8) is 0 Å². The van der Waals surface area contributed by atoms with E-state index in [-0.39, 0.29) is 5.82 Å². The molecule has 1 aromatic carbocycles. The minimum Gasteiger partial charge on any atom is -0.321 e. The highest BCUT2D eigenvalue weighted by molar-refractivity contribution is 5.68. The van der Waals surface area contributed by atoms with Gasteiger partial charge in [-0.25, -0.2) is 14.4 Å². The van der Waals surface area contributed by atoms with E-state index in [1.165, 1.54) is 12.1 Å². The van der Waals surface area contributed by atoms with Crippen molar-refractivity contribution in [3.8, 4) is 22.6 Å². The van der Waals surface area contributed by atoms with E-state index in [4.69, 9.17) is 0 Å². The number of anilines is 2. The molecule has 0 saturated heterocycles. The Labute approximate surface area is 205 Å². The average molecular weight is 481 g/mol. The van der Waals surface area contributed by atoms with Gasteiger partial charge in [-0.2, -0.15) is 10.2 Å². The molecule has 11 heteroatoms. The van der Waals surface area contributed by atoms with E-state index in [1.54, 1.807) is 35.4 Å². The van der Waals surface area contributed by atoms with Gasteiger partial charge in [0.2, 0.25) is 5.95 Å². The van der Waals surface area contributed by atoms with E-state index < -0.39 is 0 Å². The van der Waals surface area contributed by atoms with E-state index in [2.05, 4.69) is 35.7 Å². The fourth-order valence-electron chi connectivity index (χ4n) is 4.08. The van der Waals surface area contributed by atoms with Crippen molar-refractivity contribution in [3.05, 3.63) is 90.5 Å². The zero-order valence-corrected chi connectivity index (χ0v) is 19.5. The Hall–Kier alpha value is -4.93. The van der Waals surface area contributed by atoms with Crippen molar-refractivity contribution < 1.29 is 4.39 Å². The van der Waals surface area contributed by atoms with Gasteiger partial charge in [-0.15, -0.1) is 10.2 Å². The number of aromatic nitrogens is 9. The molecule has 0 amide bonds. The van der Waals surface area contributed by atoms with Crippen molar-refractivity contribution in [1.82, 2.24) is 44.1 Å². The highest BCUT2D eigenvalue weighted by Crippen LogP contribution is 2.27. The lowest BCUT2D eigenvalue weighted by Crippen LogP contribution is -2.02. The van der Waals surface area contributed by atoms with E-state index in [1.807, 2.05) is 53.8 Å². The minimum atomic E-state index is -0.258. The first-order valence-electron chi connectivity index (χ1n) is 11.2. The zero-order chi connectivity index (χ0) is 24.6. The second-order valence-electron chi connectivity index (χ2n) is 8.39. The molecule has 6 aromatic rings. The third kappa shape index (κ3) is 4.06. The van der Waals surface area contributed by atoms with Gasteiger partial charge in [0, 0.05) is 44.7 Å². The molecular formula is C25H21FN10. The first kappa shape index (κ1) is 21.6. The highest BCUT2D eigenvalue weighted by Gasteiger charge is 2.17. The zero-order valence-electron chi connectivity index (χ0n) is 19.5. The predicted octanol–water partition coefficient (Wildman–Crippen LogP) is 3.79. The number of benzene rings is 1. The number of halogens is 1. The highest BCUT2D eigenvalue weighted by atomic mass is 19.1. The first-order chi connectivity index (χ1) is 17.5. The normalized spacial score (nSPS) is 11.3. The van der Waals surface area contributed by atoms with Gasteiger partial charge >= 0.3 is 0 Å². The van der Waals surface area contributed by atoms with Gasteiger partial charge in [-0.05, 0) is 35.9 Å². The van der Waals surface area contributed by atoms with Crippen LogP contribution in [0.4, 0.5) is 16.0 Å². The number of nitrogens with one attached hydrogen (secondary N) is 1. The summed E-state index contributed by atoms with van der Waals surface area (Å²) in [5.74, 6) is 0.901. The Morgan fingerprint density at radius 3 is 2.64 bits per heavy atom. The lowest BCUT2D eigenvalue weighted by atomic mass is 10.1. The van der Waals surface area contributed by atoms with Crippen LogP contribution in [0, 0.1) is 5.82 Å². The van der Waals surface area contributed by atoms with Crippen LogP contribution >= 0.6 is 0 Å². The van der Waals surface area contributed by atoms with Crippen LogP contribution in [0.1, 0.15) is 11.3 Å². The van der Waals surface area contributed by atoms with Crippen LogP contribution in [0.25, 0.3) is 28.3 Å². The Bertz CT molecular complexity index is 1680. The van der Waals surface area contributed by atoms with Gasteiger partial charge in [0.25, 0.3) is 0 Å². The molecule has 6 rings (SSSR count). The van der Waals surface area contributed by atoms with E-state index in [0.717, 1.165) is 33.8 Å². The number of hydrogen-bond donors (Lipinski definition) is 1. The van der Waals surface area contributed by atoms with Crippen LogP contribution in [0.3, 0.4) is 0 Å². The second-order valence-corrected chi connectivity index (χ2v) is 8.39. The monoisotopic (exact) mass is 480 g/mol. The molecule has 36 heavy (non-hydrogen) atoms. The Balaban J connectivity index is 1.32. The third-order valence-electron chi connectivity index (χ3n) is 5.91. The van der Waals surface area contributed by atoms with Crippen LogP contribution in [-0.4, -0.2) is 44.1 Å². The van der Waals surface area contributed by atoms with Crippen LogP contribution in [0.15, 0.2) is 73.4 Å². The lowest BCUT2D eigenvalue weighted by molar-refractivity contribution is 0.627. The summed E-state index contributed by atoms with van der Waals surface area (Å²) in [6, 6.07) is 12.2. The molecule has 5 heterocycles. The molecule has 5 aromatic heterocycles. The topological polar surface area (TPSA) is 104 Å². The van der Waals surface area contributed by atoms with E-state index in [9.17, 15) is 4.39 Å². The number of rotatable bonds is 6. The number of nitrogens with zero attached hydrogens (tertiary/aromatic N) is 9. The van der Waals surface area contributed by atoms with Crippen LogP contribution < -0.4 is 5.32 Å². The molecule has 10 nitrogen and oxygen atoms in total. The number of fused-ring (bicyclic) bond motifs is 1. The van der Waals surface area contributed by atoms with Crippen molar-refractivity contribution in [2.75, 3.05) is 5.32 Å². The summed E-state index contributed by atoms with van der Waals surface area (Å²) in [5, 5.41) is 20.6. The molecule has 0 spiro atoms. The van der Waals surface area contributed by atoms with Gasteiger partial charge in [0.05, 0.1) is 35.0 Å². The first-order valence-corrected chi connectivity index (χ1v) is 11.2. The Morgan fingerprint density at radius 1 is 0.972 bits per heavy atom. The molecule has 0 fully saturated rings. The van der Waals surface area contributed by atoms with Crippen molar-refractivity contribution in [1.29, 1.82) is 0 Å². The summed E-state index contributed by atoms with van der Waals surface area (Å²) in [5.41, 5.74) is 5.93. The third-order valence-corrected chi connectivity index (χ3v) is 5.91. The maximum atomic E-state index is 13.3. The standard InChI is InChI=1S/C25H21FN10/c1-34-15-19(13-28-34)30-25-27-9-7-21(31-25)17-8-10-36-23(12-17)32-33-24(36)20-14-29-35(2)22(20)11-16-3-5-18(26)6-4-16/h3-10,12-15H,11H2,1-2H3,(H,27,30,31). The second kappa shape index (κ2) is 8.69. The fourth-order valence-corrected chi connectivity index (χ4v) is 4.08. The number of hydrogen-bond acceptors (Lipinski definition) is 7. The molecule has 0 aliphatic rings. The number of pyridine rings is 1. The van der Waals surface area contributed by atoms with Gasteiger partial charge in [-0.3, -0.25) is 13.8 Å². The molecule has 0 bridgehead atoms. The summed E-state index contributed by atoms with van der Waals surface area (Å²) in [7, 11) is 3.73. The van der Waals surface area contributed by atoms with Crippen LogP contribution in [-0.2, 0) is 20.5 Å². The van der Waals surface area contributed by atoms with Crippen LogP contribution in [0.2, 0.25) is 0 Å². The molecule has 0 radical (unpaired) electrons. The van der Waals surface area contributed by atoms with Crippen molar-refractivity contribution in [2.45, 2.75) is 6.42 Å². The van der Waals surface area contributed by atoms with Gasteiger partial charge in [0.15, 0.2) is 11.5 Å². The lowest BCUT2D eigenvalue weighted by Gasteiger charge is -2.07. The molecule has 0 unspecified atom stereocenters. The van der Waals surface area contributed by atoms with Gasteiger partial charge in [0.1, 0.15) is 5.82 Å². The summed E-state index contributed by atoms with van der Waals surface area (Å²) < 4.78 is 18.8. The average Bonchev–Trinajstić information content (AvgIpc) is 3.59. The maximum absolute atomic E-state index is 13.3. The van der Waals surface area contributed by atoms with Crippen LogP contribution in [0.5, 0.6) is 0 Å². The van der Waals surface area contributed by atoms with Gasteiger partial charge in [-0.1, -0.05) is 12.1 Å². The predicted molar refractivity (Wildman–Crippen MR) is 132 cm³/mol. The largest absolute Gasteiger partial charge is 0.321 e. The Morgan fingerprint density at radius 2 is 1.83 bits per heavy atom. The molecule has 0 aliphatic heterocycles. The van der Waals surface area contributed by atoms with E-state index in [0.29, 0.717) is 23.8 Å². The summed E-state index contributed by atoms with van der Waals surface area (Å²) in [6.45, 7) is 0. The maximum Gasteiger partial charge on any atom is 0.227 e. The fraction of sp³-hybridized carbons (Fsp3) is 0.120.